The maximum atomic E-state index is 12.0. The number of esters is 1. The van der Waals surface area contributed by atoms with Crippen LogP contribution >= 0.6 is 0 Å². The minimum Gasteiger partial charge on any atom is -0.463 e. The van der Waals surface area contributed by atoms with Crippen LogP contribution in [0.5, 0.6) is 0 Å². The lowest BCUT2D eigenvalue weighted by Crippen LogP contribution is -2.19. The predicted octanol–water partition coefficient (Wildman–Crippen LogP) is 0.766. The molecule has 0 bridgehead atoms. The number of ketones is 2. The Labute approximate surface area is 114 Å². The van der Waals surface area contributed by atoms with Crippen molar-refractivity contribution < 1.29 is 19.1 Å². The van der Waals surface area contributed by atoms with Crippen molar-refractivity contribution in [1.29, 1.82) is 0 Å². The van der Waals surface area contributed by atoms with Crippen LogP contribution in [0.1, 0.15) is 23.7 Å². The molecule has 0 atom stereocenters. The lowest BCUT2D eigenvalue weighted by molar-refractivity contribution is -0.151. The van der Waals surface area contributed by atoms with E-state index in [0.717, 1.165) is 7.11 Å². The van der Waals surface area contributed by atoms with Gasteiger partial charge in [0.05, 0.1) is 19.0 Å². The van der Waals surface area contributed by atoms with Crippen LogP contribution in [0, 0.1) is 0 Å². The lowest BCUT2D eigenvalue weighted by atomic mass is 10.1. The van der Waals surface area contributed by atoms with E-state index in [1.165, 1.54) is 0 Å². The van der Waals surface area contributed by atoms with Crippen molar-refractivity contribution in [3.05, 3.63) is 23.8 Å². The van der Waals surface area contributed by atoms with E-state index in [1.807, 2.05) is 6.92 Å². The van der Waals surface area contributed by atoms with Crippen molar-refractivity contribution in [2.75, 3.05) is 7.11 Å². The summed E-state index contributed by atoms with van der Waals surface area (Å²) in [5, 5.41) is 7.88. The first-order chi connectivity index (χ1) is 9.56. The molecule has 0 aliphatic heterocycles. The second-order valence-electron chi connectivity index (χ2n) is 4.12. The molecule has 104 valence electrons. The number of rotatable bonds is 5. The van der Waals surface area contributed by atoms with E-state index >= 15 is 0 Å². The van der Waals surface area contributed by atoms with Crippen molar-refractivity contribution in [2.24, 2.45) is 0 Å². The molecule has 0 unspecified atom stereocenters. The number of methoxy groups -OCH3 is 1. The number of hydrogen-bond acceptors (Lipinski definition) is 6. The van der Waals surface area contributed by atoms with Crippen LogP contribution in [0.4, 0.5) is 0 Å². The van der Waals surface area contributed by atoms with Gasteiger partial charge in [0.25, 0.3) is 0 Å². The second-order valence-corrected chi connectivity index (χ2v) is 4.12. The molecule has 0 aliphatic rings. The molecule has 0 fully saturated rings. The molecule has 7 nitrogen and oxygen atoms in total. The van der Waals surface area contributed by atoms with Crippen molar-refractivity contribution in [3.8, 4) is 0 Å². The quantitative estimate of drug-likeness (QED) is 0.346. The SMILES string of the molecule is CCn1nnc2ccc(C(=O)CC(=O)C(=O)OC)cc21. The molecule has 20 heavy (non-hydrogen) atoms. The molecule has 2 aromatic rings. The Morgan fingerprint density at radius 2 is 2.05 bits per heavy atom. The first-order valence-electron chi connectivity index (χ1n) is 6.04. The third kappa shape index (κ3) is 2.56. The fraction of sp³-hybridized carbons (Fsp3) is 0.308. The molecule has 0 N–H and O–H groups in total. The highest BCUT2D eigenvalue weighted by atomic mass is 16.5. The first-order valence-corrected chi connectivity index (χ1v) is 6.04. The molecule has 1 aromatic carbocycles. The zero-order chi connectivity index (χ0) is 14.7. The summed E-state index contributed by atoms with van der Waals surface area (Å²) in [5.41, 5.74) is 1.72. The molecule has 0 amide bonds. The Bertz CT molecular complexity index is 690. The number of Topliss-reactive ketones (excluding diaryl/α,β-unsaturated/α-hetero) is 2. The van der Waals surface area contributed by atoms with Gasteiger partial charge in [-0.25, -0.2) is 9.48 Å². The third-order valence-corrected chi connectivity index (χ3v) is 2.87. The maximum Gasteiger partial charge on any atom is 0.374 e. The van der Waals surface area contributed by atoms with Crippen LogP contribution in [0.15, 0.2) is 18.2 Å². The Kier molecular flexibility index (Phi) is 3.88. The van der Waals surface area contributed by atoms with E-state index in [9.17, 15) is 14.4 Å². The summed E-state index contributed by atoms with van der Waals surface area (Å²) in [6.45, 7) is 2.53. The van der Waals surface area contributed by atoms with Crippen molar-refractivity contribution >= 4 is 28.6 Å². The second kappa shape index (κ2) is 5.60. The van der Waals surface area contributed by atoms with Crippen LogP contribution < -0.4 is 0 Å². The van der Waals surface area contributed by atoms with Gasteiger partial charge in [0.2, 0.25) is 5.78 Å². The minimum absolute atomic E-state index is 0.340. The Balaban J connectivity index is 2.26. The van der Waals surface area contributed by atoms with Gasteiger partial charge >= 0.3 is 5.97 Å². The van der Waals surface area contributed by atoms with E-state index in [1.54, 1.807) is 22.9 Å². The molecular weight excluding hydrogens is 262 g/mol. The number of carbonyl (C=O) groups excluding carboxylic acids is 3. The van der Waals surface area contributed by atoms with E-state index in [-0.39, 0.29) is 0 Å². The molecule has 0 radical (unpaired) electrons. The van der Waals surface area contributed by atoms with Crippen LogP contribution in [0.2, 0.25) is 0 Å². The van der Waals surface area contributed by atoms with E-state index < -0.39 is 24.0 Å². The summed E-state index contributed by atoms with van der Waals surface area (Å²) in [5.74, 6) is -2.31. The summed E-state index contributed by atoms with van der Waals surface area (Å²) in [4.78, 5) is 34.3. The Morgan fingerprint density at radius 3 is 2.70 bits per heavy atom. The van der Waals surface area contributed by atoms with Crippen LogP contribution in [-0.2, 0) is 20.9 Å². The average molecular weight is 275 g/mol. The molecule has 2 rings (SSSR count). The summed E-state index contributed by atoms with van der Waals surface area (Å²) in [6.07, 6.45) is -0.508. The van der Waals surface area contributed by atoms with Crippen LogP contribution in [0.25, 0.3) is 11.0 Å². The minimum atomic E-state index is -1.01. The number of carbonyl (C=O) groups is 3. The van der Waals surface area contributed by atoms with Gasteiger partial charge in [-0.2, -0.15) is 0 Å². The number of aryl methyl sites for hydroxylation is 1. The number of hydrogen-bond donors (Lipinski definition) is 0. The molecule has 0 saturated carbocycles. The van der Waals surface area contributed by atoms with Gasteiger partial charge < -0.3 is 4.74 Å². The van der Waals surface area contributed by atoms with Crippen LogP contribution in [0.3, 0.4) is 0 Å². The number of aromatic nitrogens is 3. The van der Waals surface area contributed by atoms with Gasteiger partial charge in [0.1, 0.15) is 5.52 Å². The molecule has 1 heterocycles. The van der Waals surface area contributed by atoms with E-state index in [4.69, 9.17) is 0 Å². The predicted molar refractivity (Wildman–Crippen MR) is 69.2 cm³/mol. The summed E-state index contributed by atoms with van der Waals surface area (Å²) in [6, 6.07) is 4.83. The third-order valence-electron chi connectivity index (χ3n) is 2.87. The zero-order valence-corrected chi connectivity index (χ0v) is 11.1. The maximum absolute atomic E-state index is 12.0. The highest BCUT2D eigenvalue weighted by Crippen LogP contribution is 2.15. The van der Waals surface area contributed by atoms with E-state index in [0.29, 0.717) is 23.1 Å². The van der Waals surface area contributed by atoms with Gasteiger partial charge in [-0.1, -0.05) is 5.21 Å². The molecule has 1 aromatic heterocycles. The number of benzene rings is 1. The molecular formula is C13H13N3O4. The van der Waals surface area contributed by atoms with Crippen molar-refractivity contribution in [1.82, 2.24) is 15.0 Å². The summed E-state index contributed by atoms with van der Waals surface area (Å²) < 4.78 is 5.93. The van der Waals surface area contributed by atoms with Gasteiger partial charge in [-0.05, 0) is 25.1 Å². The largest absolute Gasteiger partial charge is 0.463 e. The lowest BCUT2D eigenvalue weighted by Gasteiger charge is -2.01. The number of ether oxygens (including phenoxy) is 1. The normalized spacial score (nSPS) is 10.5. The van der Waals surface area contributed by atoms with Crippen molar-refractivity contribution in [3.63, 3.8) is 0 Å². The fourth-order valence-corrected chi connectivity index (χ4v) is 1.81. The molecule has 0 aliphatic carbocycles. The molecule has 0 spiro atoms. The monoisotopic (exact) mass is 275 g/mol. The van der Waals surface area contributed by atoms with Gasteiger partial charge in [0, 0.05) is 12.1 Å². The molecule has 0 saturated heterocycles. The van der Waals surface area contributed by atoms with Crippen LogP contribution in [-0.4, -0.2) is 39.6 Å². The summed E-state index contributed by atoms with van der Waals surface area (Å²) >= 11 is 0. The average Bonchev–Trinajstić information content (AvgIpc) is 2.88. The Morgan fingerprint density at radius 1 is 1.30 bits per heavy atom. The van der Waals surface area contributed by atoms with Crippen molar-refractivity contribution in [2.45, 2.75) is 19.9 Å². The van der Waals surface area contributed by atoms with Gasteiger partial charge in [0.15, 0.2) is 5.78 Å². The number of nitrogens with zero attached hydrogens (tertiary/aromatic N) is 3. The topological polar surface area (TPSA) is 91.1 Å². The fourth-order valence-electron chi connectivity index (χ4n) is 1.81. The van der Waals surface area contributed by atoms with E-state index in [2.05, 4.69) is 15.0 Å². The molecule has 7 heteroatoms. The first kappa shape index (κ1) is 13.9. The zero-order valence-electron chi connectivity index (χ0n) is 11.1. The standard InChI is InChI=1S/C13H13N3O4/c1-3-16-10-6-8(4-5-9(10)14-15-16)11(17)7-12(18)13(19)20-2/h4-6H,3,7H2,1-2H3. The number of fused-ring (bicyclic) bond motifs is 1. The Hall–Kier alpha value is -2.57. The highest BCUT2D eigenvalue weighted by Gasteiger charge is 2.20. The van der Waals surface area contributed by atoms with Gasteiger partial charge in [-0.3, -0.25) is 9.59 Å². The summed E-state index contributed by atoms with van der Waals surface area (Å²) in [7, 11) is 1.10. The highest BCUT2D eigenvalue weighted by molar-refractivity contribution is 6.38. The smallest absolute Gasteiger partial charge is 0.374 e. The van der Waals surface area contributed by atoms with Gasteiger partial charge in [-0.15, -0.1) is 5.10 Å².